The second-order valence-electron chi connectivity index (χ2n) is 6.64. The van der Waals surface area contributed by atoms with Gasteiger partial charge >= 0.3 is 12.1 Å². The summed E-state index contributed by atoms with van der Waals surface area (Å²) in [6, 6.07) is 0. The average molecular weight is 281 g/mol. The molecule has 2 fully saturated rings. The van der Waals surface area contributed by atoms with E-state index in [-0.39, 0.29) is 12.1 Å². The molecule has 5 nitrogen and oxygen atoms in total. The van der Waals surface area contributed by atoms with E-state index in [9.17, 15) is 9.59 Å². The zero-order valence-corrected chi connectivity index (χ0v) is 12.6. The minimum Gasteiger partial charge on any atom is -0.466 e. The number of allylic oxidation sites excluding steroid dienone is 1. The summed E-state index contributed by atoms with van der Waals surface area (Å²) >= 11 is 0. The van der Waals surface area contributed by atoms with Gasteiger partial charge in [0, 0.05) is 19.2 Å². The fourth-order valence-electron chi connectivity index (χ4n) is 2.98. The minimum atomic E-state index is -0.454. The number of hydrogen-bond acceptors (Lipinski definition) is 4. The van der Waals surface area contributed by atoms with Crippen molar-refractivity contribution in [2.45, 2.75) is 39.2 Å². The molecule has 1 aliphatic heterocycles. The number of carbonyl (C=O) groups is 2. The quantitative estimate of drug-likeness (QED) is 0.547. The van der Waals surface area contributed by atoms with Crippen molar-refractivity contribution in [1.29, 1.82) is 0 Å². The van der Waals surface area contributed by atoms with E-state index in [2.05, 4.69) is 4.74 Å². The van der Waals surface area contributed by atoms with E-state index in [0.717, 1.165) is 31.5 Å². The van der Waals surface area contributed by atoms with Crippen molar-refractivity contribution >= 4 is 12.1 Å². The van der Waals surface area contributed by atoms with Crippen LogP contribution in [-0.4, -0.2) is 42.8 Å². The Balaban J connectivity index is 1.90. The zero-order chi connectivity index (χ0) is 14.9. The Morgan fingerprint density at radius 2 is 1.75 bits per heavy atom. The lowest BCUT2D eigenvalue weighted by Gasteiger charge is -2.24. The summed E-state index contributed by atoms with van der Waals surface area (Å²) in [5.74, 6) is 0.598. The van der Waals surface area contributed by atoms with Crippen LogP contribution in [0.25, 0.3) is 0 Å². The van der Waals surface area contributed by atoms with Gasteiger partial charge in [0.2, 0.25) is 0 Å². The van der Waals surface area contributed by atoms with Crippen LogP contribution in [0, 0.1) is 11.8 Å². The number of rotatable bonds is 1. The van der Waals surface area contributed by atoms with Crippen molar-refractivity contribution < 1.29 is 19.1 Å². The molecule has 1 heterocycles. The molecule has 0 aromatic rings. The molecule has 1 amide bonds. The Kier molecular flexibility index (Phi) is 4.06. The SMILES string of the molecule is COC(=O)/C=C1\CC2CN(C(=O)OC(C)(C)C)C[C@@H]2C1. The smallest absolute Gasteiger partial charge is 0.410 e. The molecule has 1 saturated heterocycles. The first-order chi connectivity index (χ1) is 9.28. The highest BCUT2D eigenvalue weighted by Gasteiger charge is 2.41. The highest BCUT2D eigenvalue weighted by molar-refractivity contribution is 5.82. The van der Waals surface area contributed by atoms with E-state index < -0.39 is 5.60 Å². The van der Waals surface area contributed by atoms with Crippen LogP contribution in [-0.2, 0) is 14.3 Å². The van der Waals surface area contributed by atoms with Gasteiger partial charge in [-0.25, -0.2) is 9.59 Å². The van der Waals surface area contributed by atoms with Crippen molar-refractivity contribution in [3.63, 3.8) is 0 Å². The Morgan fingerprint density at radius 1 is 1.20 bits per heavy atom. The number of hydrogen-bond donors (Lipinski definition) is 0. The topological polar surface area (TPSA) is 55.8 Å². The van der Waals surface area contributed by atoms with Crippen LogP contribution >= 0.6 is 0 Å². The van der Waals surface area contributed by atoms with Crippen molar-refractivity contribution in [3.05, 3.63) is 11.6 Å². The number of likely N-dealkylation sites (tertiary alicyclic amines) is 1. The highest BCUT2D eigenvalue weighted by Crippen LogP contribution is 2.41. The van der Waals surface area contributed by atoms with Gasteiger partial charge in [-0.1, -0.05) is 5.57 Å². The molecular weight excluding hydrogens is 258 g/mol. The van der Waals surface area contributed by atoms with E-state index in [1.807, 2.05) is 20.8 Å². The highest BCUT2D eigenvalue weighted by atomic mass is 16.6. The van der Waals surface area contributed by atoms with Crippen molar-refractivity contribution in [2.24, 2.45) is 11.8 Å². The van der Waals surface area contributed by atoms with E-state index in [1.54, 1.807) is 11.0 Å². The first-order valence-corrected chi connectivity index (χ1v) is 7.04. The molecule has 2 rings (SSSR count). The maximum absolute atomic E-state index is 12.0. The number of methoxy groups -OCH3 is 1. The van der Waals surface area contributed by atoms with Crippen molar-refractivity contribution in [1.82, 2.24) is 4.90 Å². The predicted octanol–water partition coefficient (Wildman–Crippen LogP) is 2.36. The maximum atomic E-state index is 12.0. The summed E-state index contributed by atoms with van der Waals surface area (Å²) in [5, 5.41) is 0. The lowest BCUT2D eigenvalue weighted by Crippen LogP contribution is -2.35. The monoisotopic (exact) mass is 281 g/mol. The van der Waals surface area contributed by atoms with Gasteiger partial charge in [-0.15, -0.1) is 0 Å². The largest absolute Gasteiger partial charge is 0.466 e. The predicted molar refractivity (Wildman–Crippen MR) is 74.1 cm³/mol. The number of amides is 1. The van der Waals surface area contributed by atoms with Crippen LogP contribution in [0.3, 0.4) is 0 Å². The normalized spacial score (nSPS) is 27.6. The van der Waals surface area contributed by atoms with Crippen LogP contribution in [0.2, 0.25) is 0 Å². The minimum absolute atomic E-state index is 0.231. The molecule has 0 aromatic heterocycles. The van der Waals surface area contributed by atoms with Crippen LogP contribution in [0.1, 0.15) is 33.6 Å². The fourth-order valence-corrected chi connectivity index (χ4v) is 2.98. The Bertz CT molecular complexity index is 420. The van der Waals surface area contributed by atoms with Gasteiger partial charge < -0.3 is 14.4 Å². The fraction of sp³-hybridized carbons (Fsp3) is 0.733. The number of nitrogens with zero attached hydrogens (tertiary/aromatic N) is 1. The first kappa shape index (κ1) is 14.9. The van der Waals surface area contributed by atoms with E-state index in [4.69, 9.17) is 4.74 Å². The standard InChI is InChI=1S/C15H23NO4/c1-15(2,3)20-14(18)16-8-11-5-10(6-12(11)9-16)7-13(17)19-4/h7,11-12H,5-6,8-9H2,1-4H3/b10-7-/t11-,12?/m0/s1. The van der Waals surface area contributed by atoms with Gasteiger partial charge in [-0.2, -0.15) is 0 Å². The summed E-state index contributed by atoms with van der Waals surface area (Å²) in [6.07, 6.45) is 3.11. The Hall–Kier alpha value is -1.52. The molecule has 0 radical (unpaired) electrons. The molecule has 2 aliphatic rings. The van der Waals surface area contributed by atoms with Gasteiger partial charge in [0.25, 0.3) is 0 Å². The van der Waals surface area contributed by atoms with Crippen molar-refractivity contribution in [3.8, 4) is 0 Å². The summed E-state index contributed by atoms with van der Waals surface area (Å²) in [4.78, 5) is 25.0. The average Bonchev–Trinajstić information content (AvgIpc) is 2.84. The van der Waals surface area contributed by atoms with Crippen LogP contribution in [0.5, 0.6) is 0 Å². The van der Waals surface area contributed by atoms with E-state index in [1.165, 1.54) is 7.11 Å². The molecule has 2 atom stereocenters. The van der Waals surface area contributed by atoms with E-state index in [0.29, 0.717) is 11.8 Å². The summed E-state index contributed by atoms with van der Waals surface area (Å²) < 4.78 is 10.0. The van der Waals surface area contributed by atoms with Crippen LogP contribution in [0.15, 0.2) is 11.6 Å². The van der Waals surface area contributed by atoms with E-state index >= 15 is 0 Å². The Morgan fingerprint density at radius 3 is 2.20 bits per heavy atom. The molecule has 1 saturated carbocycles. The third-order valence-corrected chi connectivity index (χ3v) is 3.80. The number of carbonyl (C=O) groups excluding carboxylic acids is 2. The van der Waals surface area contributed by atoms with Gasteiger partial charge in [-0.3, -0.25) is 0 Å². The lowest BCUT2D eigenvalue weighted by atomic mass is 10.0. The van der Waals surface area contributed by atoms with Crippen LogP contribution in [0.4, 0.5) is 4.79 Å². The van der Waals surface area contributed by atoms with Gasteiger partial charge in [0.1, 0.15) is 5.60 Å². The molecule has 112 valence electrons. The lowest BCUT2D eigenvalue weighted by molar-refractivity contribution is -0.134. The second-order valence-corrected chi connectivity index (χ2v) is 6.64. The van der Waals surface area contributed by atoms with Gasteiger partial charge in [-0.05, 0) is 45.4 Å². The summed E-state index contributed by atoms with van der Waals surface area (Å²) in [6.45, 7) is 7.06. The molecule has 0 spiro atoms. The number of fused-ring (bicyclic) bond motifs is 1. The third kappa shape index (κ3) is 3.52. The molecule has 0 N–H and O–H groups in total. The van der Waals surface area contributed by atoms with Gasteiger partial charge in [0.05, 0.1) is 7.11 Å². The molecule has 0 bridgehead atoms. The first-order valence-electron chi connectivity index (χ1n) is 7.04. The molecule has 1 unspecified atom stereocenters. The van der Waals surface area contributed by atoms with Gasteiger partial charge in [0.15, 0.2) is 0 Å². The van der Waals surface area contributed by atoms with Crippen molar-refractivity contribution in [2.75, 3.05) is 20.2 Å². The molecule has 0 aromatic carbocycles. The second kappa shape index (κ2) is 5.46. The third-order valence-electron chi connectivity index (χ3n) is 3.80. The molecule has 20 heavy (non-hydrogen) atoms. The number of esters is 1. The number of ether oxygens (including phenoxy) is 2. The summed E-state index contributed by atoms with van der Waals surface area (Å²) in [7, 11) is 1.39. The maximum Gasteiger partial charge on any atom is 0.410 e. The summed E-state index contributed by atoms with van der Waals surface area (Å²) in [5.41, 5.74) is 0.681. The molecule has 1 aliphatic carbocycles. The molecule has 5 heteroatoms. The molecular formula is C15H23NO4. The Labute approximate surface area is 119 Å². The van der Waals surface area contributed by atoms with Crippen LogP contribution < -0.4 is 0 Å². The zero-order valence-electron chi connectivity index (χ0n) is 12.6.